The Morgan fingerprint density at radius 2 is 0.726 bits per heavy atom. The number of carbonyl (C=O) groups is 2. The Labute approximate surface area is 385 Å². The van der Waals surface area contributed by atoms with E-state index in [1.165, 1.54) is 128 Å². The van der Waals surface area contributed by atoms with E-state index in [9.17, 15) is 9.59 Å². The van der Waals surface area contributed by atoms with E-state index in [2.05, 4.69) is 93.7 Å². The molecule has 0 heterocycles. The zero-order chi connectivity index (χ0) is 44.9. The second-order valence-electron chi connectivity index (χ2n) is 17.4. The van der Waals surface area contributed by atoms with Gasteiger partial charge in [-0.1, -0.05) is 203 Å². The van der Waals surface area contributed by atoms with Gasteiger partial charge in [-0.25, -0.2) is 0 Å². The van der Waals surface area contributed by atoms with Gasteiger partial charge < -0.3 is 14.2 Å². The molecule has 0 aliphatic heterocycles. The molecule has 0 saturated heterocycles. The molecule has 0 amide bonds. The summed E-state index contributed by atoms with van der Waals surface area (Å²) in [6, 6.07) is 0. The summed E-state index contributed by atoms with van der Waals surface area (Å²) in [5.74, 6) is -0.445. The summed E-state index contributed by atoms with van der Waals surface area (Å²) in [6.07, 6.45) is 67.7. The Hall–Kier alpha value is -2.66. The number of allylic oxidation sites excluding steroid dienone is 12. The van der Waals surface area contributed by atoms with E-state index in [0.717, 1.165) is 89.9 Å². The molecule has 5 nitrogen and oxygen atoms in total. The molecule has 0 aromatic rings. The van der Waals surface area contributed by atoms with Gasteiger partial charge in [0.2, 0.25) is 0 Å². The molecule has 0 radical (unpaired) electrons. The van der Waals surface area contributed by atoms with Crippen LogP contribution in [-0.2, 0) is 23.8 Å². The minimum atomic E-state index is -0.560. The predicted molar refractivity (Wildman–Crippen MR) is 270 cm³/mol. The molecule has 5 heteroatoms. The second kappa shape index (κ2) is 52.7. The number of hydrogen-bond donors (Lipinski definition) is 0. The lowest BCUT2D eigenvalue weighted by molar-refractivity contribution is -0.163. The van der Waals surface area contributed by atoms with Crippen molar-refractivity contribution in [2.45, 2.75) is 258 Å². The standard InChI is InChI=1S/C57H100O5/c1-4-7-10-13-16-19-22-25-27-28-29-31-34-37-40-43-46-49-52-60-53-55(62-57(59)51-48-45-42-39-36-32-24-21-18-15-12-9-6-3)54-61-56(58)50-47-44-41-38-35-33-30-26-23-20-17-14-11-8-5-2/h9,12,17-18,20-21,25-27,30,32,36,55H,4-8,10-11,13-16,19,22-24,28-29,31,33-35,37-54H2,1-3H3/b12-9-,20-17-,21-18-,27-25-,30-26-,36-32-. The lowest BCUT2D eigenvalue weighted by atomic mass is 10.1. The highest BCUT2D eigenvalue weighted by Crippen LogP contribution is 2.14. The fraction of sp³-hybridized carbons (Fsp3) is 0.754. The first-order valence-corrected chi connectivity index (χ1v) is 26.5. The third-order valence-electron chi connectivity index (χ3n) is 11.2. The lowest BCUT2D eigenvalue weighted by Gasteiger charge is -2.18. The summed E-state index contributed by atoms with van der Waals surface area (Å²) in [7, 11) is 0. The van der Waals surface area contributed by atoms with Gasteiger partial charge in [0.1, 0.15) is 6.61 Å². The minimum Gasteiger partial charge on any atom is -0.462 e. The first-order valence-electron chi connectivity index (χ1n) is 26.5. The van der Waals surface area contributed by atoms with Crippen molar-refractivity contribution < 1.29 is 23.8 Å². The van der Waals surface area contributed by atoms with Crippen molar-refractivity contribution in [3.63, 3.8) is 0 Å². The molecule has 0 fully saturated rings. The summed E-state index contributed by atoms with van der Waals surface area (Å²) >= 11 is 0. The number of unbranched alkanes of at least 4 members (excludes halogenated alkanes) is 25. The topological polar surface area (TPSA) is 61.8 Å². The average molecular weight is 865 g/mol. The van der Waals surface area contributed by atoms with E-state index in [0.29, 0.717) is 19.4 Å². The van der Waals surface area contributed by atoms with Crippen LogP contribution in [0.2, 0.25) is 0 Å². The van der Waals surface area contributed by atoms with E-state index in [1.807, 2.05) is 0 Å². The molecule has 0 aliphatic carbocycles. The summed E-state index contributed by atoms with van der Waals surface area (Å²) in [4.78, 5) is 25.4. The molecule has 1 atom stereocenters. The Morgan fingerprint density at radius 3 is 1.23 bits per heavy atom. The molecule has 1 unspecified atom stereocenters. The summed E-state index contributed by atoms with van der Waals surface area (Å²) < 4.78 is 17.4. The highest BCUT2D eigenvalue weighted by molar-refractivity contribution is 5.70. The van der Waals surface area contributed by atoms with Crippen LogP contribution in [0.1, 0.15) is 252 Å². The molecule has 358 valence electrons. The monoisotopic (exact) mass is 865 g/mol. The molecular formula is C57H100O5. The van der Waals surface area contributed by atoms with E-state index < -0.39 is 6.10 Å². The zero-order valence-corrected chi connectivity index (χ0v) is 41.1. The van der Waals surface area contributed by atoms with Crippen molar-refractivity contribution >= 4 is 11.9 Å². The Bertz CT molecular complexity index is 1110. The third-order valence-corrected chi connectivity index (χ3v) is 11.2. The van der Waals surface area contributed by atoms with E-state index in [1.54, 1.807) is 0 Å². The molecule has 0 saturated carbocycles. The number of rotatable bonds is 48. The van der Waals surface area contributed by atoms with Crippen LogP contribution in [0.25, 0.3) is 0 Å². The van der Waals surface area contributed by atoms with E-state index >= 15 is 0 Å². The Kier molecular flexibility index (Phi) is 50.4. The molecular weight excluding hydrogens is 765 g/mol. The van der Waals surface area contributed by atoms with Crippen LogP contribution in [-0.4, -0.2) is 37.9 Å². The molecule has 0 aromatic heterocycles. The smallest absolute Gasteiger partial charge is 0.306 e. The van der Waals surface area contributed by atoms with Gasteiger partial charge in [-0.3, -0.25) is 9.59 Å². The molecule has 62 heavy (non-hydrogen) atoms. The van der Waals surface area contributed by atoms with Gasteiger partial charge in [0.15, 0.2) is 6.10 Å². The molecule has 0 aromatic carbocycles. The van der Waals surface area contributed by atoms with Gasteiger partial charge in [-0.05, 0) is 109 Å². The van der Waals surface area contributed by atoms with Crippen LogP contribution in [0.15, 0.2) is 72.9 Å². The van der Waals surface area contributed by atoms with E-state index in [4.69, 9.17) is 14.2 Å². The number of esters is 2. The van der Waals surface area contributed by atoms with Gasteiger partial charge in [0.25, 0.3) is 0 Å². The first kappa shape index (κ1) is 59.3. The first-order chi connectivity index (χ1) is 30.6. The van der Waals surface area contributed by atoms with Crippen molar-refractivity contribution in [1.82, 2.24) is 0 Å². The fourth-order valence-corrected chi connectivity index (χ4v) is 7.25. The SMILES string of the molecule is CC/C=C\C/C=C\C/C=C\CCCCCC(=O)OC(COCCCCCCCCCC/C=C\CCCCCCCC)COC(=O)CCCCCCC/C=C\C/C=C\CCCCC. The quantitative estimate of drug-likeness (QED) is 0.0346. The maximum absolute atomic E-state index is 12.8. The fourth-order valence-electron chi connectivity index (χ4n) is 7.25. The van der Waals surface area contributed by atoms with Gasteiger partial charge >= 0.3 is 11.9 Å². The number of ether oxygens (including phenoxy) is 3. The van der Waals surface area contributed by atoms with Crippen LogP contribution in [0.4, 0.5) is 0 Å². The van der Waals surface area contributed by atoms with Crippen LogP contribution in [0.3, 0.4) is 0 Å². The van der Waals surface area contributed by atoms with Crippen molar-refractivity contribution in [2.24, 2.45) is 0 Å². The number of hydrogen-bond acceptors (Lipinski definition) is 5. The minimum absolute atomic E-state index is 0.0634. The van der Waals surface area contributed by atoms with Gasteiger partial charge in [-0.15, -0.1) is 0 Å². The average Bonchev–Trinajstić information content (AvgIpc) is 3.27. The largest absolute Gasteiger partial charge is 0.462 e. The molecule has 0 N–H and O–H groups in total. The summed E-state index contributed by atoms with van der Waals surface area (Å²) in [5.41, 5.74) is 0. The van der Waals surface area contributed by atoms with Gasteiger partial charge in [0.05, 0.1) is 6.61 Å². The van der Waals surface area contributed by atoms with Crippen LogP contribution in [0, 0.1) is 0 Å². The van der Waals surface area contributed by atoms with Crippen LogP contribution < -0.4 is 0 Å². The maximum Gasteiger partial charge on any atom is 0.306 e. The highest BCUT2D eigenvalue weighted by atomic mass is 16.6. The second-order valence-corrected chi connectivity index (χ2v) is 17.4. The predicted octanol–water partition coefficient (Wildman–Crippen LogP) is 17.9. The van der Waals surface area contributed by atoms with Crippen molar-refractivity contribution in [3.8, 4) is 0 Å². The van der Waals surface area contributed by atoms with Crippen molar-refractivity contribution in [2.75, 3.05) is 19.8 Å². The summed E-state index contributed by atoms with van der Waals surface area (Å²) in [6.45, 7) is 7.65. The Morgan fingerprint density at radius 1 is 0.371 bits per heavy atom. The normalized spacial score (nSPS) is 12.8. The molecule has 0 bridgehead atoms. The van der Waals surface area contributed by atoms with E-state index in [-0.39, 0.29) is 25.2 Å². The summed E-state index contributed by atoms with van der Waals surface area (Å²) in [5, 5.41) is 0. The lowest BCUT2D eigenvalue weighted by Crippen LogP contribution is -2.30. The highest BCUT2D eigenvalue weighted by Gasteiger charge is 2.17. The van der Waals surface area contributed by atoms with Crippen LogP contribution in [0.5, 0.6) is 0 Å². The number of carbonyl (C=O) groups excluding carboxylic acids is 2. The van der Waals surface area contributed by atoms with Crippen molar-refractivity contribution in [1.29, 1.82) is 0 Å². The van der Waals surface area contributed by atoms with Crippen molar-refractivity contribution in [3.05, 3.63) is 72.9 Å². The molecule has 0 rings (SSSR count). The van der Waals surface area contributed by atoms with Gasteiger partial charge in [0, 0.05) is 19.4 Å². The van der Waals surface area contributed by atoms with Gasteiger partial charge in [-0.2, -0.15) is 0 Å². The maximum atomic E-state index is 12.8. The van der Waals surface area contributed by atoms with Crippen LogP contribution >= 0.6 is 0 Å². The zero-order valence-electron chi connectivity index (χ0n) is 41.1. The molecule has 0 aliphatic rings. The Balaban J connectivity index is 4.31. The third kappa shape index (κ3) is 50.0. The molecule has 0 spiro atoms.